The molecule has 72 valence electrons. The van der Waals surface area contributed by atoms with E-state index >= 15 is 0 Å². The van der Waals surface area contributed by atoms with Crippen LogP contribution in [0.4, 0.5) is 0 Å². The predicted molar refractivity (Wildman–Crippen MR) is 50.6 cm³/mol. The minimum Gasteiger partial charge on any atom is -0.459 e. The molecule has 1 aromatic heterocycles. The van der Waals surface area contributed by atoms with E-state index in [9.17, 15) is 4.79 Å². The molecule has 1 rings (SSSR count). The van der Waals surface area contributed by atoms with Gasteiger partial charge in [0.25, 0.3) is 5.91 Å². The molecule has 1 N–H and O–H groups in total. The molecule has 3 nitrogen and oxygen atoms in total. The Kier molecular flexibility index (Phi) is 4.09. The first-order valence-electron chi connectivity index (χ1n) is 4.66. The van der Waals surface area contributed by atoms with Crippen LogP contribution in [0.2, 0.25) is 0 Å². The number of amides is 1. The maximum Gasteiger partial charge on any atom is 0.286 e. The van der Waals surface area contributed by atoms with Crippen molar-refractivity contribution in [3.8, 4) is 0 Å². The van der Waals surface area contributed by atoms with Crippen LogP contribution in [0.3, 0.4) is 0 Å². The lowest BCUT2D eigenvalue weighted by molar-refractivity contribution is 0.0925. The van der Waals surface area contributed by atoms with Gasteiger partial charge in [-0.1, -0.05) is 19.8 Å². The van der Waals surface area contributed by atoms with Gasteiger partial charge < -0.3 is 9.73 Å². The van der Waals surface area contributed by atoms with Crippen molar-refractivity contribution in [1.29, 1.82) is 0 Å². The van der Waals surface area contributed by atoms with Crippen LogP contribution in [0.15, 0.2) is 22.8 Å². The molecule has 13 heavy (non-hydrogen) atoms. The Labute approximate surface area is 78.1 Å². The Morgan fingerprint density at radius 2 is 2.38 bits per heavy atom. The van der Waals surface area contributed by atoms with Gasteiger partial charge in [-0.05, 0) is 18.6 Å². The van der Waals surface area contributed by atoms with Crippen molar-refractivity contribution >= 4 is 5.91 Å². The molecule has 0 atom stereocenters. The summed E-state index contributed by atoms with van der Waals surface area (Å²) in [4.78, 5) is 11.3. The zero-order chi connectivity index (χ0) is 9.52. The summed E-state index contributed by atoms with van der Waals surface area (Å²) in [5.41, 5.74) is 0. The molecule has 0 unspecified atom stereocenters. The fourth-order valence-electron chi connectivity index (χ4n) is 1.07. The number of hydrogen-bond donors (Lipinski definition) is 1. The molecule has 0 radical (unpaired) electrons. The molecule has 0 aromatic carbocycles. The zero-order valence-electron chi connectivity index (χ0n) is 7.88. The molecule has 0 aliphatic rings. The van der Waals surface area contributed by atoms with Gasteiger partial charge in [-0.15, -0.1) is 0 Å². The smallest absolute Gasteiger partial charge is 0.286 e. The molecule has 0 spiro atoms. The second kappa shape index (κ2) is 5.41. The number of carbonyl (C=O) groups excluding carboxylic acids is 1. The number of hydrogen-bond acceptors (Lipinski definition) is 2. The van der Waals surface area contributed by atoms with Crippen LogP contribution >= 0.6 is 0 Å². The van der Waals surface area contributed by atoms with Crippen LogP contribution < -0.4 is 5.32 Å². The molecule has 3 heteroatoms. The van der Waals surface area contributed by atoms with Crippen LogP contribution in [-0.2, 0) is 0 Å². The van der Waals surface area contributed by atoms with E-state index in [2.05, 4.69) is 12.2 Å². The minimum atomic E-state index is -0.124. The van der Waals surface area contributed by atoms with Crippen molar-refractivity contribution < 1.29 is 9.21 Å². The monoisotopic (exact) mass is 181 g/mol. The van der Waals surface area contributed by atoms with E-state index in [1.165, 1.54) is 6.26 Å². The van der Waals surface area contributed by atoms with Gasteiger partial charge >= 0.3 is 0 Å². The molecule has 0 aliphatic carbocycles. The minimum absolute atomic E-state index is 0.124. The Hall–Kier alpha value is -1.25. The molecule has 0 fully saturated rings. The number of furan rings is 1. The van der Waals surface area contributed by atoms with Crippen molar-refractivity contribution in [3.63, 3.8) is 0 Å². The van der Waals surface area contributed by atoms with Gasteiger partial charge in [0.2, 0.25) is 0 Å². The largest absolute Gasteiger partial charge is 0.459 e. The van der Waals surface area contributed by atoms with E-state index in [0.717, 1.165) is 25.8 Å². The van der Waals surface area contributed by atoms with E-state index in [0.29, 0.717) is 5.76 Å². The van der Waals surface area contributed by atoms with Gasteiger partial charge in [-0.3, -0.25) is 4.79 Å². The van der Waals surface area contributed by atoms with E-state index < -0.39 is 0 Å². The van der Waals surface area contributed by atoms with E-state index in [1.54, 1.807) is 12.1 Å². The van der Waals surface area contributed by atoms with Gasteiger partial charge in [-0.2, -0.15) is 0 Å². The molecule has 0 bridgehead atoms. The lowest BCUT2D eigenvalue weighted by atomic mass is 10.2. The van der Waals surface area contributed by atoms with Gasteiger partial charge in [0.15, 0.2) is 5.76 Å². The van der Waals surface area contributed by atoms with Crippen LogP contribution in [-0.4, -0.2) is 12.5 Å². The zero-order valence-corrected chi connectivity index (χ0v) is 7.88. The van der Waals surface area contributed by atoms with Crippen molar-refractivity contribution in [3.05, 3.63) is 24.2 Å². The summed E-state index contributed by atoms with van der Waals surface area (Å²) in [7, 11) is 0. The highest BCUT2D eigenvalue weighted by Gasteiger charge is 2.05. The standard InChI is InChI=1S/C10H15NO2/c1-2-3-4-7-11-10(12)9-6-5-8-13-9/h5-6,8H,2-4,7H2,1H3,(H,11,12). The third-order valence-corrected chi connectivity index (χ3v) is 1.81. The lowest BCUT2D eigenvalue weighted by Crippen LogP contribution is -2.23. The highest BCUT2D eigenvalue weighted by Crippen LogP contribution is 1.99. The van der Waals surface area contributed by atoms with E-state index in [-0.39, 0.29) is 5.91 Å². The Morgan fingerprint density at radius 1 is 1.54 bits per heavy atom. The third kappa shape index (κ3) is 3.32. The SMILES string of the molecule is CCCCCNC(=O)c1ccco1. The van der Waals surface area contributed by atoms with Crippen molar-refractivity contribution in [2.75, 3.05) is 6.54 Å². The molecular formula is C10H15NO2. The Bertz CT molecular complexity index is 241. The fourth-order valence-corrected chi connectivity index (χ4v) is 1.07. The number of rotatable bonds is 5. The van der Waals surface area contributed by atoms with Gasteiger partial charge in [-0.25, -0.2) is 0 Å². The first-order chi connectivity index (χ1) is 6.34. The maximum absolute atomic E-state index is 11.3. The highest BCUT2D eigenvalue weighted by molar-refractivity contribution is 5.91. The van der Waals surface area contributed by atoms with Crippen molar-refractivity contribution in [2.45, 2.75) is 26.2 Å². The average molecular weight is 181 g/mol. The summed E-state index contributed by atoms with van der Waals surface area (Å²) in [6, 6.07) is 3.37. The van der Waals surface area contributed by atoms with Gasteiger partial charge in [0.05, 0.1) is 6.26 Å². The summed E-state index contributed by atoms with van der Waals surface area (Å²) in [5, 5.41) is 2.79. The summed E-state index contributed by atoms with van der Waals surface area (Å²) in [6.45, 7) is 2.86. The topological polar surface area (TPSA) is 42.2 Å². The lowest BCUT2D eigenvalue weighted by Gasteiger charge is -2.01. The maximum atomic E-state index is 11.3. The molecule has 0 saturated carbocycles. The van der Waals surface area contributed by atoms with Gasteiger partial charge in [0, 0.05) is 6.54 Å². The third-order valence-electron chi connectivity index (χ3n) is 1.81. The van der Waals surface area contributed by atoms with Gasteiger partial charge in [0.1, 0.15) is 0 Å². The van der Waals surface area contributed by atoms with Crippen LogP contribution in [0.1, 0.15) is 36.7 Å². The predicted octanol–water partition coefficient (Wildman–Crippen LogP) is 2.20. The molecule has 1 heterocycles. The highest BCUT2D eigenvalue weighted by atomic mass is 16.3. The Morgan fingerprint density at radius 3 is 3.00 bits per heavy atom. The summed E-state index contributed by atoms with van der Waals surface area (Å²) in [6.07, 6.45) is 4.85. The Balaban J connectivity index is 2.19. The number of unbranched alkanes of at least 4 members (excludes halogenated alkanes) is 2. The summed E-state index contributed by atoms with van der Waals surface area (Å²) in [5.74, 6) is 0.262. The summed E-state index contributed by atoms with van der Waals surface area (Å²) < 4.78 is 4.94. The quantitative estimate of drug-likeness (QED) is 0.707. The van der Waals surface area contributed by atoms with Crippen molar-refractivity contribution in [1.82, 2.24) is 5.32 Å². The molecule has 0 aliphatic heterocycles. The molecule has 1 aromatic rings. The second-order valence-corrected chi connectivity index (χ2v) is 2.94. The normalized spacial score (nSPS) is 9.92. The first-order valence-corrected chi connectivity index (χ1v) is 4.66. The number of nitrogens with one attached hydrogen (secondary N) is 1. The van der Waals surface area contributed by atoms with Crippen LogP contribution in [0.25, 0.3) is 0 Å². The fraction of sp³-hybridized carbons (Fsp3) is 0.500. The van der Waals surface area contributed by atoms with E-state index in [4.69, 9.17) is 4.42 Å². The molecule has 0 saturated heterocycles. The molecule has 1 amide bonds. The molecular weight excluding hydrogens is 166 g/mol. The van der Waals surface area contributed by atoms with Crippen LogP contribution in [0.5, 0.6) is 0 Å². The first kappa shape index (κ1) is 9.84. The summed E-state index contributed by atoms with van der Waals surface area (Å²) >= 11 is 0. The van der Waals surface area contributed by atoms with E-state index in [1.807, 2.05) is 0 Å². The van der Waals surface area contributed by atoms with Crippen molar-refractivity contribution in [2.24, 2.45) is 0 Å². The second-order valence-electron chi connectivity index (χ2n) is 2.94. The number of carbonyl (C=O) groups is 1. The van der Waals surface area contributed by atoms with Crippen LogP contribution in [0, 0.1) is 0 Å². The average Bonchev–Trinajstić information content (AvgIpc) is 2.65.